The number of nitrogens with zero attached hydrogens (tertiary/aromatic N) is 1. The van der Waals surface area contributed by atoms with Crippen molar-refractivity contribution in [2.24, 2.45) is 5.41 Å². The number of H-pyrrole nitrogens is 1. The summed E-state index contributed by atoms with van der Waals surface area (Å²) in [6, 6.07) is 0. The van der Waals surface area contributed by atoms with Crippen molar-refractivity contribution in [1.82, 2.24) is 9.97 Å². The summed E-state index contributed by atoms with van der Waals surface area (Å²) in [5.41, 5.74) is 4.32. The summed E-state index contributed by atoms with van der Waals surface area (Å²) >= 11 is 0. The Labute approximate surface area is 90.7 Å². The fraction of sp³-hybridized carbons (Fsp3) is 0.444. The van der Waals surface area contributed by atoms with Crippen molar-refractivity contribution < 1.29 is 9.90 Å². The molecule has 7 heteroatoms. The van der Waals surface area contributed by atoms with E-state index >= 15 is 0 Å². The molecule has 2 rings (SSSR count). The summed E-state index contributed by atoms with van der Waals surface area (Å²) in [5.74, 6) is -0.598. The lowest BCUT2D eigenvalue weighted by Crippen LogP contribution is -2.26. The highest BCUT2D eigenvalue weighted by Gasteiger charge is 2.50. The van der Waals surface area contributed by atoms with Crippen LogP contribution in [0.5, 0.6) is 0 Å². The second kappa shape index (κ2) is 3.51. The lowest BCUT2D eigenvalue weighted by molar-refractivity contribution is -0.142. The number of rotatable bonds is 4. The fourth-order valence-electron chi connectivity index (χ4n) is 1.42. The summed E-state index contributed by atoms with van der Waals surface area (Å²) in [6.45, 7) is 0.239. The van der Waals surface area contributed by atoms with Gasteiger partial charge in [0, 0.05) is 6.54 Å². The van der Waals surface area contributed by atoms with Gasteiger partial charge in [0.15, 0.2) is 5.82 Å². The Morgan fingerprint density at radius 2 is 2.38 bits per heavy atom. The summed E-state index contributed by atoms with van der Waals surface area (Å²) in [5, 5.41) is 11.7. The molecule has 1 saturated carbocycles. The van der Waals surface area contributed by atoms with Crippen LogP contribution in [0.2, 0.25) is 0 Å². The number of nitrogen functional groups attached to an aromatic ring is 1. The lowest BCUT2D eigenvalue weighted by Gasteiger charge is -2.12. The number of aromatic nitrogens is 2. The second-order valence-corrected chi connectivity index (χ2v) is 3.93. The van der Waals surface area contributed by atoms with E-state index in [9.17, 15) is 9.59 Å². The Kier molecular flexibility index (Phi) is 2.30. The SMILES string of the molecule is Nc1c(NCC2(C(=O)O)CC2)nc[nH]c1=O. The first kappa shape index (κ1) is 10.5. The van der Waals surface area contributed by atoms with Gasteiger partial charge < -0.3 is 21.1 Å². The van der Waals surface area contributed by atoms with Gasteiger partial charge in [0.25, 0.3) is 5.56 Å². The minimum Gasteiger partial charge on any atom is -0.481 e. The number of carboxylic acids is 1. The molecule has 0 spiro atoms. The molecule has 1 aromatic heterocycles. The van der Waals surface area contributed by atoms with E-state index in [1.54, 1.807) is 0 Å². The molecule has 86 valence electrons. The molecule has 0 bridgehead atoms. The van der Waals surface area contributed by atoms with Gasteiger partial charge in [-0.05, 0) is 12.8 Å². The van der Waals surface area contributed by atoms with Crippen molar-refractivity contribution in [2.75, 3.05) is 17.6 Å². The molecule has 1 aliphatic rings. The van der Waals surface area contributed by atoms with E-state index in [1.807, 2.05) is 0 Å². The van der Waals surface area contributed by atoms with Crippen LogP contribution in [0, 0.1) is 5.41 Å². The number of nitrogens with one attached hydrogen (secondary N) is 2. The van der Waals surface area contributed by atoms with Crippen LogP contribution in [0.25, 0.3) is 0 Å². The molecule has 7 nitrogen and oxygen atoms in total. The molecule has 0 aliphatic heterocycles. The number of hydrogen-bond donors (Lipinski definition) is 4. The normalized spacial score (nSPS) is 16.8. The average molecular weight is 224 g/mol. The topological polar surface area (TPSA) is 121 Å². The maximum Gasteiger partial charge on any atom is 0.311 e. The molecule has 5 N–H and O–H groups in total. The number of nitrogens with two attached hydrogens (primary N) is 1. The van der Waals surface area contributed by atoms with Crippen LogP contribution < -0.4 is 16.6 Å². The van der Waals surface area contributed by atoms with E-state index in [-0.39, 0.29) is 18.1 Å². The molecule has 1 aromatic rings. The van der Waals surface area contributed by atoms with Crippen molar-refractivity contribution in [3.63, 3.8) is 0 Å². The highest BCUT2D eigenvalue weighted by atomic mass is 16.4. The molecule has 0 amide bonds. The molecule has 0 unspecified atom stereocenters. The maximum absolute atomic E-state index is 11.1. The second-order valence-electron chi connectivity index (χ2n) is 3.93. The van der Waals surface area contributed by atoms with Crippen molar-refractivity contribution in [3.05, 3.63) is 16.7 Å². The fourth-order valence-corrected chi connectivity index (χ4v) is 1.42. The third-order valence-electron chi connectivity index (χ3n) is 2.79. The quantitative estimate of drug-likeness (QED) is 0.553. The Hall–Kier alpha value is -2.05. The van der Waals surface area contributed by atoms with Gasteiger partial charge in [-0.3, -0.25) is 9.59 Å². The minimum atomic E-state index is -0.830. The number of anilines is 2. The van der Waals surface area contributed by atoms with Gasteiger partial charge >= 0.3 is 5.97 Å². The monoisotopic (exact) mass is 224 g/mol. The molecule has 1 heterocycles. The van der Waals surface area contributed by atoms with Gasteiger partial charge in [-0.1, -0.05) is 0 Å². The highest BCUT2D eigenvalue weighted by molar-refractivity contribution is 5.78. The zero-order chi connectivity index (χ0) is 11.8. The molecule has 16 heavy (non-hydrogen) atoms. The first-order valence-electron chi connectivity index (χ1n) is 4.86. The summed E-state index contributed by atoms with van der Waals surface area (Å²) in [7, 11) is 0. The number of hydrogen-bond acceptors (Lipinski definition) is 5. The minimum absolute atomic E-state index is 0.0244. The Morgan fingerprint density at radius 1 is 1.69 bits per heavy atom. The molecular formula is C9H12N4O3. The van der Waals surface area contributed by atoms with Crippen LogP contribution in [0.1, 0.15) is 12.8 Å². The van der Waals surface area contributed by atoms with Crippen molar-refractivity contribution in [3.8, 4) is 0 Å². The Balaban J connectivity index is 2.08. The third kappa shape index (κ3) is 1.71. The van der Waals surface area contributed by atoms with Gasteiger partial charge in [-0.15, -0.1) is 0 Å². The van der Waals surface area contributed by atoms with Crippen LogP contribution in [-0.4, -0.2) is 27.6 Å². The number of aliphatic carboxylic acids is 1. The van der Waals surface area contributed by atoms with E-state index in [1.165, 1.54) is 6.33 Å². The molecule has 0 atom stereocenters. The van der Waals surface area contributed by atoms with Crippen LogP contribution in [0.3, 0.4) is 0 Å². The van der Waals surface area contributed by atoms with Crippen molar-refractivity contribution in [1.29, 1.82) is 0 Å². The van der Waals surface area contributed by atoms with Gasteiger partial charge in [0.05, 0.1) is 11.7 Å². The maximum atomic E-state index is 11.1. The summed E-state index contributed by atoms with van der Waals surface area (Å²) in [6.07, 6.45) is 2.50. The largest absolute Gasteiger partial charge is 0.481 e. The molecule has 1 aliphatic carbocycles. The molecular weight excluding hydrogens is 212 g/mol. The van der Waals surface area contributed by atoms with Gasteiger partial charge in [-0.2, -0.15) is 0 Å². The first-order valence-corrected chi connectivity index (χ1v) is 4.86. The number of carboxylic acid groups (broad SMARTS) is 1. The van der Waals surface area contributed by atoms with Crippen molar-refractivity contribution in [2.45, 2.75) is 12.8 Å². The smallest absolute Gasteiger partial charge is 0.311 e. The third-order valence-corrected chi connectivity index (χ3v) is 2.79. The van der Waals surface area contributed by atoms with Crippen LogP contribution in [-0.2, 0) is 4.79 Å². The predicted molar refractivity (Wildman–Crippen MR) is 57.1 cm³/mol. The first-order chi connectivity index (χ1) is 7.55. The standard InChI is InChI=1S/C9H12N4O3/c10-5-6(12-4-13-7(5)14)11-3-9(1-2-9)8(15)16/h4H,1-3,10H2,(H,15,16)(H2,11,12,13,14). The van der Waals surface area contributed by atoms with E-state index in [4.69, 9.17) is 10.8 Å². The lowest BCUT2D eigenvalue weighted by atomic mass is 10.1. The van der Waals surface area contributed by atoms with Crippen molar-refractivity contribution >= 4 is 17.5 Å². The predicted octanol–water partition coefficient (Wildman–Crippen LogP) is -0.371. The van der Waals surface area contributed by atoms with Crippen LogP contribution in [0.15, 0.2) is 11.1 Å². The van der Waals surface area contributed by atoms with E-state index in [0.29, 0.717) is 12.8 Å². The molecule has 0 aromatic carbocycles. The molecule has 0 radical (unpaired) electrons. The average Bonchev–Trinajstić information content (AvgIpc) is 3.01. The highest BCUT2D eigenvalue weighted by Crippen LogP contribution is 2.45. The number of aromatic amines is 1. The van der Waals surface area contributed by atoms with Crippen LogP contribution >= 0.6 is 0 Å². The van der Waals surface area contributed by atoms with Gasteiger partial charge in [-0.25, -0.2) is 4.98 Å². The van der Waals surface area contributed by atoms with Crippen LogP contribution in [0.4, 0.5) is 11.5 Å². The zero-order valence-corrected chi connectivity index (χ0v) is 8.49. The van der Waals surface area contributed by atoms with Gasteiger partial charge in [0.2, 0.25) is 0 Å². The van der Waals surface area contributed by atoms with E-state index in [2.05, 4.69) is 15.3 Å². The Morgan fingerprint density at radius 3 is 2.94 bits per heavy atom. The molecule has 0 saturated heterocycles. The Bertz CT molecular complexity index is 478. The van der Waals surface area contributed by atoms with E-state index < -0.39 is 16.9 Å². The summed E-state index contributed by atoms with van der Waals surface area (Å²) < 4.78 is 0. The molecule has 1 fully saturated rings. The summed E-state index contributed by atoms with van der Waals surface area (Å²) in [4.78, 5) is 28.2. The zero-order valence-electron chi connectivity index (χ0n) is 8.49. The van der Waals surface area contributed by atoms with Gasteiger partial charge in [0.1, 0.15) is 5.69 Å². The van der Waals surface area contributed by atoms with E-state index in [0.717, 1.165) is 0 Å². The number of carbonyl (C=O) groups is 1.